The Kier molecular flexibility index (Phi) is 13.0. The summed E-state index contributed by atoms with van der Waals surface area (Å²) in [5.41, 5.74) is 6.53. The number of hydrogen-bond donors (Lipinski definition) is 1. The second kappa shape index (κ2) is 17.8. The molecule has 9 heteroatoms. The topological polar surface area (TPSA) is 85.7 Å². The number of amides is 1. The molecule has 2 heterocycles. The van der Waals surface area contributed by atoms with E-state index in [1.165, 1.54) is 12.8 Å². The van der Waals surface area contributed by atoms with Gasteiger partial charge in [-0.05, 0) is 104 Å². The van der Waals surface area contributed by atoms with Crippen molar-refractivity contribution in [2.24, 2.45) is 0 Å². The normalized spacial score (nSPS) is 13.9. The summed E-state index contributed by atoms with van der Waals surface area (Å²) in [4.78, 5) is 20.7. The molecule has 0 aliphatic carbocycles. The SMILES string of the molecule is CCCCOCCOc1ccc(-c2ccc(N3CCCC3)c(/C=C(\C)C(=O)Nc3ccc(S(=O)Cc4cncn4CCC)cc3)c2)cc1. The van der Waals surface area contributed by atoms with E-state index >= 15 is 0 Å². The van der Waals surface area contributed by atoms with Crippen LogP contribution in [0.25, 0.3) is 17.2 Å². The van der Waals surface area contributed by atoms with E-state index in [9.17, 15) is 9.00 Å². The van der Waals surface area contributed by atoms with Crippen LogP contribution in [0.4, 0.5) is 11.4 Å². The van der Waals surface area contributed by atoms with Crippen LogP contribution in [-0.4, -0.2) is 52.6 Å². The van der Waals surface area contributed by atoms with Crippen molar-refractivity contribution in [3.8, 4) is 16.9 Å². The number of hydrogen-bond acceptors (Lipinski definition) is 6. The fraction of sp³-hybridized carbons (Fsp3) is 0.385. The molecule has 1 aliphatic rings. The number of nitrogens with one attached hydrogen (secondary N) is 1. The van der Waals surface area contributed by atoms with Crippen molar-refractivity contribution in [3.05, 3.63) is 96.1 Å². The maximum Gasteiger partial charge on any atom is 0.251 e. The number of unbranched alkanes of at least 4 members (excludes halogenated alkanes) is 1. The van der Waals surface area contributed by atoms with Crippen LogP contribution in [0.15, 0.2) is 89.7 Å². The van der Waals surface area contributed by atoms with Crippen LogP contribution in [0.1, 0.15) is 64.1 Å². The van der Waals surface area contributed by atoms with E-state index in [0.717, 1.165) is 79.3 Å². The molecule has 1 aliphatic heterocycles. The molecule has 1 aromatic heterocycles. The van der Waals surface area contributed by atoms with Crippen molar-refractivity contribution in [1.82, 2.24) is 9.55 Å². The van der Waals surface area contributed by atoms with E-state index in [-0.39, 0.29) is 5.91 Å². The lowest BCUT2D eigenvalue weighted by molar-refractivity contribution is -0.112. The highest BCUT2D eigenvalue weighted by Gasteiger charge is 2.17. The van der Waals surface area contributed by atoms with Gasteiger partial charge in [-0.3, -0.25) is 9.00 Å². The molecule has 48 heavy (non-hydrogen) atoms. The third-order valence-electron chi connectivity index (χ3n) is 8.45. The average molecular weight is 669 g/mol. The molecule has 5 rings (SSSR count). The van der Waals surface area contributed by atoms with Gasteiger partial charge in [0.2, 0.25) is 0 Å². The number of benzene rings is 3. The van der Waals surface area contributed by atoms with Crippen molar-refractivity contribution in [2.75, 3.05) is 43.1 Å². The lowest BCUT2D eigenvalue weighted by Crippen LogP contribution is -2.19. The number of imidazole rings is 1. The van der Waals surface area contributed by atoms with Gasteiger partial charge < -0.3 is 24.3 Å². The van der Waals surface area contributed by atoms with Crippen LogP contribution in [0.2, 0.25) is 0 Å². The minimum atomic E-state index is -1.21. The first-order chi connectivity index (χ1) is 23.4. The van der Waals surface area contributed by atoms with Crippen LogP contribution in [0.5, 0.6) is 5.75 Å². The number of aromatic nitrogens is 2. The highest BCUT2D eigenvalue weighted by atomic mass is 32.2. The molecule has 8 nitrogen and oxygen atoms in total. The third-order valence-corrected chi connectivity index (χ3v) is 9.80. The molecular weight excluding hydrogens is 621 g/mol. The summed E-state index contributed by atoms with van der Waals surface area (Å²) >= 11 is 0. The summed E-state index contributed by atoms with van der Waals surface area (Å²) in [6.45, 7) is 10.9. The zero-order valence-corrected chi connectivity index (χ0v) is 29.3. The van der Waals surface area contributed by atoms with Gasteiger partial charge >= 0.3 is 0 Å². The molecule has 1 saturated heterocycles. The maximum absolute atomic E-state index is 13.3. The van der Waals surface area contributed by atoms with Crippen LogP contribution >= 0.6 is 0 Å². The number of aryl methyl sites for hydroxylation is 1. The van der Waals surface area contributed by atoms with Crippen molar-refractivity contribution >= 4 is 34.2 Å². The van der Waals surface area contributed by atoms with Gasteiger partial charge in [-0.2, -0.15) is 0 Å². The van der Waals surface area contributed by atoms with Crippen LogP contribution in [-0.2, 0) is 32.6 Å². The van der Waals surface area contributed by atoms with Gasteiger partial charge in [-0.15, -0.1) is 0 Å². The van der Waals surface area contributed by atoms with E-state index in [0.29, 0.717) is 35.1 Å². The number of rotatable bonds is 17. The molecule has 0 radical (unpaired) electrons. The fourth-order valence-corrected chi connectivity index (χ4v) is 6.87. The van der Waals surface area contributed by atoms with E-state index in [1.807, 2.05) is 54.0 Å². The predicted octanol–water partition coefficient (Wildman–Crippen LogP) is 8.11. The molecule has 4 aromatic rings. The second-order valence-corrected chi connectivity index (χ2v) is 13.6. The van der Waals surface area contributed by atoms with Crippen LogP contribution in [0.3, 0.4) is 0 Å². The Morgan fingerprint density at radius 2 is 1.69 bits per heavy atom. The summed E-state index contributed by atoms with van der Waals surface area (Å²) in [6, 6.07) is 21.9. The molecule has 1 amide bonds. The zero-order valence-electron chi connectivity index (χ0n) is 28.5. The van der Waals surface area contributed by atoms with E-state index in [2.05, 4.69) is 59.4 Å². The minimum absolute atomic E-state index is 0.176. The summed E-state index contributed by atoms with van der Waals surface area (Å²) in [5, 5.41) is 3.02. The molecule has 0 spiro atoms. The maximum atomic E-state index is 13.3. The Labute approximate surface area is 287 Å². The standard InChI is InChI=1S/C39H48N4O4S/c1-4-6-22-46-23-24-47-36-14-9-31(10-15-36)32-11-18-38(42-20-7-8-21-42)33(26-32)25-30(3)39(44)41-34-12-16-37(17-13-34)48(45)28-35-27-40-29-43(35)19-5-2/h9-18,25-27,29H,4-8,19-24,28H2,1-3H3,(H,41,44)/b30-25+. The van der Waals surface area contributed by atoms with Crippen LogP contribution in [0, 0.1) is 0 Å². The van der Waals surface area contributed by atoms with E-state index < -0.39 is 10.8 Å². The fourth-order valence-electron chi connectivity index (χ4n) is 5.75. The Bertz CT molecular complexity index is 1680. The number of anilines is 2. The van der Waals surface area contributed by atoms with Crippen molar-refractivity contribution < 1.29 is 18.5 Å². The van der Waals surface area contributed by atoms with Crippen molar-refractivity contribution in [3.63, 3.8) is 0 Å². The molecule has 254 valence electrons. The Hall–Kier alpha value is -4.21. The molecule has 3 aromatic carbocycles. The monoisotopic (exact) mass is 668 g/mol. The van der Waals surface area contributed by atoms with E-state index in [1.54, 1.807) is 12.5 Å². The molecule has 1 N–H and O–H groups in total. The molecular formula is C39H48N4O4S. The summed E-state index contributed by atoms with van der Waals surface area (Å²) in [7, 11) is -1.21. The molecule has 1 fully saturated rings. The number of ether oxygens (including phenoxy) is 2. The minimum Gasteiger partial charge on any atom is -0.491 e. The van der Waals surface area contributed by atoms with Gasteiger partial charge in [0.1, 0.15) is 12.4 Å². The molecule has 1 unspecified atom stereocenters. The van der Waals surface area contributed by atoms with Gasteiger partial charge in [-0.25, -0.2) is 4.98 Å². The van der Waals surface area contributed by atoms with Crippen LogP contribution < -0.4 is 15.0 Å². The average Bonchev–Trinajstić information content (AvgIpc) is 3.80. The first-order valence-electron chi connectivity index (χ1n) is 17.1. The molecule has 0 bridgehead atoms. The van der Waals surface area contributed by atoms with Gasteiger partial charge in [0.25, 0.3) is 5.91 Å². The lowest BCUT2D eigenvalue weighted by Gasteiger charge is -2.21. The Balaban J connectivity index is 1.25. The lowest BCUT2D eigenvalue weighted by atomic mass is 9.99. The summed E-state index contributed by atoms with van der Waals surface area (Å²) in [6.07, 6.45) is 11.1. The van der Waals surface area contributed by atoms with E-state index in [4.69, 9.17) is 9.47 Å². The zero-order chi connectivity index (χ0) is 33.7. The van der Waals surface area contributed by atoms with Gasteiger partial charge in [-0.1, -0.05) is 38.5 Å². The quantitative estimate of drug-likeness (QED) is 0.0904. The van der Waals surface area contributed by atoms with Gasteiger partial charge in [0.05, 0.1) is 35.2 Å². The first-order valence-corrected chi connectivity index (χ1v) is 18.4. The predicted molar refractivity (Wildman–Crippen MR) is 196 cm³/mol. The first kappa shape index (κ1) is 35.1. The second-order valence-electron chi connectivity index (χ2n) is 12.2. The molecule has 1 atom stereocenters. The number of carbonyl (C=O) groups is 1. The Morgan fingerprint density at radius 3 is 2.42 bits per heavy atom. The third kappa shape index (κ3) is 9.67. The highest BCUT2D eigenvalue weighted by Crippen LogP contribution is 2.32. The van der Waals surface area contributed by atoms with Gasteiger partial charge in [0, 0.05) is 54.3 Å². The summed E-state index contributed by atoms with van der Waals surface area (Å²) < 4.78 is 26.6. The largest absolute Gasteiger partial charge is 0.491 e. The number of nitrogens with zero attached hydrogens (tertiary/aromatic N) is 3. The summed E-state index contributed by atoms with van der Waals surface area (Å²) in [5.74, 6) is 1.04. The molecule has 0 saturated carbocycles. The van der Waals surface area contributed by atoms with Gasteiger partial charge in [0.15, 0.2) is 0 Å². The highest BCUT2D eigenvalue weighted by molar-refractivity contribution is 7.84. The Morgan fingerprint density at radius 1 is 0.938 bits per heavy atom. The van der Waals surface area contributed by atoms with Crippen molar-refractivity contribution in [1.29, 1.82) is 0 Å². The number of carbonyl (C=O) groups excluding carboxylic acids is 1. The smallest absolute Gasteiger partial charge is 0.251 e. The van der Waals surface area contributed by atoms with Crippen molar-refractivity contribution in [2.45, 2.75) is 70.1 Å².